The van der Waals surface area contributed by atoms with Crippen LogP contribution in [0.2, 0.25) is 0 Å². The lowest BCUT2D eigenvalue weighted by atomic mass is 9.83. The fraction of sp³-hybridized carbons (Fsp3) is 0.545. The van der Waals surface area contributed by atoms with Crippen LogP contribution in [0.1, 0.15) is 118 Å². The van der Waals surface area contributed by atoms with Crippen LogP contribution in [-0.4, -0.2) is 108 Å². The van der Waals surface area contributed by atoms with Gasteiger partial charge < -0.3 is 42.5 Å². The number of likely N-dealkylation sites (tertiary alicyclic amines) is 1. The number of benzene rings is 2. The Labute approximate surface area is 352 Å². The lowest BCUT2D eigenvalue weighted by Gasteiger charge is -2.29. The van der Waals surface area contributed by atoms with E-state index in [9.17, 15) is 38.4 Å². The van der Waals surface area contributed by atoms with Gasteiger partial charge in [0.25, 0.3) is 0 Å². The second-order valence-electron chi connectivity index (χ2n) is 16.5. The second kappa shape index (κ2) is 22.1. The number of nitrogens with zero attached hydrogens (tertiary/aromatic N) is 1. The zero-order valence-corrected chi connectivity index (χ0v) is 35.7. The topological polar surface area (TPSA) is 238 Å². The Morgan fingerprint density at radius 1 is 0.733 bits per heavy atom. The van der Waals surface area contributed by atoms with Crippen LogP contribution in [0.5, 0.6) is 0 Å². The Balaban J connectivity index is 1.30. The molecule has 1 fully saturated rings. The molecule has 2 aliphatic rings. The van der Waals surface area contributed by atoms with Crippen molar-refractivity contribution < 1.29 is 38.4 Å². The minimum Gasteiger partial charge on any atom is -0.384 e. The van der Waals surface area contributed by atoms with E-state index in [1.165, 1.54) is 11.8 Å². The molecule has 1 heterocycles. The lowest BCUT2D eigenvalue weighted by molar-refractivity contribution is -0.141. The number of carbonyl (C=O) groups is 8. The summed E-state index contributed by atoms with van der Waals surface area (Å²) in [5.41, 5.74) is 7.64. The van der Waals surface area contributed by atoms with Crippen LogP contribution in [0.25, 0.3) is 0 Å². The van der Waals surface area contributed by atoms with Gasteiger partial charge in [-0.2, -0.15) is 0 Å². The maximum Gasteiger partial charge on any atom is 0.245 e. The number of carbonyl (C=O) groups excluding carboxylic acids is 8. The third kappa shape index (κ3) is 12.4. The van der Waals surface area contributed by atoms with E-state index in [2.05, 4.69) is 31.9 Å². The molecule has 2 aromatic carbocycles. The monoisotopic (exact) mass is 830 g/mol. The molecule has 1 saturated heterocycles. The quantitative estimate of drug-likeness (QED) is 0.0773. The smallest absolute Gasteiger partial charge is 0.245 e. The van der Waals surface area contributed by atoms with Crippen LogP contribution >= 0.6 is 0 Å². The van der Waals surface area contributed by atoms with Gasteiger partial charge in [0.2, 0.25) is 35.4 Å². The Kier molecular flexibility index (Phi) is 17.3. The number of hydrogen-bond donors (Lipinski definition) is 7. The van der Waals surface area contributed by atoms with Crippen molar-refractivity contribution in [3.05, 3.63) is 64.7 Å². The molecular formula is C44H62N8O8. The van der Waals surface area contributed by atoms with E-state index in [0.29, 0.717) is 86.1 Å². The average molecular weight is 831 g/mol. The Morgan fingerprint density at radius 3 is 2.02 bits per heavy atom. The highest BCUT2D eigenvalue weighted by Gasteiger charge is 2.38. The molecule has 0 bridgehead atoms. The average Bonchev–Trinajstić information content (AvgIpc) is 3.70. The standard InChI is InChI=1S/C44H62N8O8/c1-7-13-32(50-40(56)27(6)45)42(58)51-33(22-25(2)3)41(57)48-24-36(53)49-34(23-26(4)5)44(60)52-21-11-18-35(52)43(59)47-20-12-19-46-31-17-10-16-30-37(31)39(55)29-15-9-8-14-28(29)38(30)54/h8-10,14-17,25-27,32-35,46H,7,11-13,18-24,45H2,1-6H3,(H,47,59)(H,48,57)(H,49,53)(H,50,56)(H,51,58)/t27-,32-,33-,34-,35-/m0/s1. The predicted octanol–water partition coefficient (Wildman–Crippen LogP) is 2.18. The lowest BCUT2D eigenvalue weighted by Crippen LogP contribution is -2.57. The zero-order chi connectivity index (χ0) is 44.1. The molecule has 2 aromatic rings. The number of fused-ring (bicyclic) bond motifs is 2. The molecular weight excluding hydrogens is 769 g/mol. The summed E-state index contributed by atoms with van der Waals surface area (Å²) >= 11 is 0. The maximum absolute atomic E-state index is 13.9. The van der Waals surface area contributed by atoms with Crippen molar-refractivity contribution in [1.82, 2.24) is 31.5 Å². The number of amides is 6. The number of hydrogen-bond acceptors (Lipinski definition) is 10. The molecule has 6 amide bonds. The molecule has 0 radical (unpaired) electrons. The molecule has 326 valence electrons. The number of nitrogens with two attached hydrogens (primary N) is 1. The summed E-state index contributed by atoms with van der Waals surface area (Å²) in [7, 11) is 0. The second-order valence-corrected chi connectivity index (χ2v) is 16.5. The van der Waals surface area contributed by atoms with Gasteiger partial charge in [-0.15, -0.1) is 0 Å². The van der Waals surface area contributed by atoms with Crippen LogP contribution < -0.4 is 37.6 Å². The Hall–Kier alpha value is -5.64. The first-order chi connectivity index (χ1) is 28.5. The van der Waals surface area contributed by atoms with E-state index >= 15 is 0 Å². The SMILES string of the molecule is CCC[C@H](NC(=O)[C@H](C)N)C(=O)N[C@@H](CC(C)C)C(=O)NCC(=O)N[C@@H](CC(C)C)C(=O)N1CCC[C@H]1C(=O)NCCCNc1cccc2c1C(=O)c1ccccc1C2=O. The first kappa shape index (κ1) is 47.0. The molecule has 1 aliphatic heterocycles. The first-order valence-electron chi connectivity index (χ1n) is 21.1. The normalized spacial score (nSPS) is 16.6. The molecule has 0 spiro atoms. The van der Waals surface area contributed by atoms with Gasteiger partial charge in [0, 0.05) is 42.0 Å². The molecule has 16 heteroatoms. The van der Waals surface area contributed by atoms with E-state index in [1.54, 1.807) is 42.5 Å². The van der Waals surface area contributed by atoms with Crippen LogP contribution in [0.4, 0.5) is 5.69 Å². The molecule has 0 saturated carbocycles. The van der Waals surface area contributed by atoms with E-state index in [0.717, 1.165) is 0 Å². The van der Waals surface area contributed by atoms with Crippen LogP contribution in [0.3, 0.4) is 0 Å². The van der Waals surface area contributed by atoms with Gasteiger partial charge >= 0.3 is 0 Å². The van der Waals surface area contributed by atoms with Crippen molar-refractivity contribution in [1.29, 1.82) is 0 Å². The third-order valence-electron chi connectivity index (χ3n) is 10.5. The summed E-state index contributed by atoms with van der Waals surface area (Å²) in [5.74, 6) is -3.32. The number of rotatable bonds is 21. The summed E-state index contributed by atoms with van der Waals surface area (Å²) in [5, 5.41) is 16.9. The minimum absolute atomic E-state index is 0.00673. The fourth-order valence-electron chi connectivity index (χ4n) is 7.50. The summed E-state index contributed by atoms with van der Waals surface area (Å²) in [6.45, 7) is 11.6. The Morgan fingerprint density at radius 2 is 1.37 bits per heavy atom. The van der Waals surface area contributed by atoms with Crippen molar-refractivity contribution in [2.75, 3.05) is 31.5 Å². The first-order valence-corrected chi connectivity index (χ1v) is 21.1. The summed E-state index contributed by atoms with van der Waals surface area (Å²) in [4.78, 5) is 107. The highest BCUT2D eigenvalue weighted by atomic mass is 16.2. The van der Waals surface area contributed by atoms with Crippen molar-refractivity contribution in [2.45, 2.75) is 117 Å². The van der Waals surface area contributed by atoms with E-state index in [1.807, 2.05) is 34.6 Å². The van der Waals surface area contributed by atoms with Crippen molar-refractivity contribution >= 4 is 52.7 Å². The van der Waals surface area contributed by atoms with Gasteiger partial charge in [0.05, 0.1) is 18.2 Å². The van der Waals surface area contributed by atoms with Gasteiger partial charge in [0.1, 0.15) is 24.2 Å². The van der Waals surface area contributed by atoms with Crippen molar-refractivity contribution in [3.63, 3.8) is 0 Å². The summed E-state index contributed by atoms with van der Waals surface area (Å²) in [6.07, 6.45) is 3.07. The number of anilines is 1. The zero-order valence-electron chi connectivity index (χ0n) is 35.7. The van der Waals surface area contributed by atoms with Gasteiger partial charge in [-0.1, -0.05) is 77.4 Å². The van der Waals surface area contributed by atoms with Crippen molar-refractivity contribution in [3.8, 4) is 0 Å². The number of nitrogens with one attached hydrogen (secondary N) is 6. The fourth-order valence-corrected chi connectivity index (χ4v) is 7.50. The molecule has 4 rings (SSSR count). The third-order valence-corrected chi connectivity index (χ3v) is 10.5. The van der Waals surface area contributed by atoms with Crippen LogP contribution in [0, 0.1) is 11.8 Å². The van der Waals surface area contributed by atoms with Gasteiger partial charge in [0.15, 0.2) is 11.6 Å². The number of ketones is 2. The van der Waals surface area contributed by atoms with Crippen LogP contribution in [-0.2, 0) is 28.8 Å². The largest absolute Gasteiger partial charge is 0.384 e. The summed E-state index contributed by atoms with van der Waals surface area (Å²) < 4.78 is 0. The molecule has 5 atom stereocenters. The molecule has 1 aliphatic carbocycles. The highest BCUT2D eigenvalue weighted by molar-refractivity contribution is 6.30. The molecule has 0 aromatic heterocycles. The summed E-state index contributed by atoms with van der Waals surface area (Å²) in [6, 6.07) is 7.52. The molecule has 16 nitrogen and oxygen atoms in total. The molecule has 0 unspecified atom stereocenters. The Bertz CT molecular complexity index is 1910. The minimum atomic E-state index is -0.985. The van der Waals surface area contributed by atoms with E-state index < -0.39 is 66.3 Å². The maximum atomic E-state index is 13.9. The van der Waals surface area contributed by atoms with Gasteiger partial charge in [-0.05, 0) is 63.4 Å². The molecule has 8 N–H and O–H groups in total. The van der Waals surface area contributed by atoms with Crippen LogP contribution in [0.15, 0.2) is 42.5 Å². The van der Waals surface area contributed by atoms with E-state index in [4.69, 9.17) is 5.73 Å². The van der Waals surface area contributed by atoms with Crippen molar-refractivity contribution in [2.24, 2.45) is 17.6 Å². The predicted molar refractivity (Wildman–Crippen MR) is 227 cm³/mol. The van der Waals surface area contributed by atoms with Gasteiger partial charge in [-0.25, -0.2) is 0 Å². The van der Waals surface area contributed by atoms with E-state index in [-0.39, 0.29) is 35.7 Å². The molecule has 60 heavy (non-hydrogen) atoms. The highest BCUT2D eigenvalue weighted by Crippen LogP contribution is 2.32. The van der Waals surface area contributed by atoms with Gasteiger partial charge in [-0.3, -0.25) is 38.4 Å².